The van der Waals surface area contributed by atoms with Crippen LogP contribution in [-0.4, -0.2) is 98.0 Å². The van der Waals surface area contributed by atoms with E-state index in [-0.39, 0.29) is 53.8 Å². The second-order valence-corrected chi connectivity index (χ2v) is 9.15. The number of H-pyrrole nitrogens is 2. The predicted octanol–water partition coefficient (Wildman–Crippen LogP) is -3.79. The number of nitrogens with zero attached hydrogens (tertiary/aromatic N) is 6. The van der Waals surface area contributed by atoms with Gasteiger partial charge < -0.3 is 36.3 Å². The monoisotopic (exact) mass is 547 g/mol. The van der Waals surface area contributed by atoms with Crippen molar-refractivity contribution in [2.75, 3.05) is 24.6 Å². The smallest absolute Gasteiger partial charge is 0.280 e. The highest BCUT2D eigenvalue weighted by Crippen LogP contribution is 2.33. The van der Waals surface area contributed by atoms with Crippen LogP contribution < -0.4 is 28.1 Å². The van der Waals surface area contributed by atoms with Crippen LogP contribution in [0.5, 0.6) is 0 Å². The van der Waals surface area contributed by atoms with Gasteiger partial charge in [0.05, 0.1) is 25.8 Å². The maximum Gasteiger partial charge on any atom is 0.280 e. The lowest BCUT2D eigenvalue weighted by Gasteiger charge is -2.19. The number of hydroxylamine groups is 1. The summed E-state index contributed by atoms with van der Waals surface area (Å²) in [6.45, 7) is -0.420. The lowest BCUT2D eigenvalue weighted by atomic mass is 10.1. The molecule has 10 N–H and O–H groups in total. The van der Waals surface area contributed by atoms with Gasteiger partial charge in [0.1, 0.15) is 36.7 Å². The zero-order chi connectivity index (χ0) is 27.4. The Morgan fingerprint density at radius 2 is 1.59 bits per heavy atom. The summed E-state index contributed by atoms with van der Waals surface area (Å²) in [7, 11) is 0. The first-order valence-electron chi connectivity index (χ1n) is 11.9. The summed E-state index contributed by atoms with van der Waals surface area (Å²) in [5.41, 5.74) is 13.3. The van der Waals surface area contributed by atoms with Gasteiger partial charge in [0, 0.05) is 6.42 Å². The average molecular weight is 547 g/mol. The molecule has 6 heterocycles. The summed E-state index contributed by atoms with van der Waals surface area (Å²) >= 11 is 0. The fourth-order valence-corrected chi connectivity index (χ4v) is 4.81. The number of nitrogen functional groups attached to an aromatic ring is 2. The maximum atomic E-state index is 12.1. The molecule has 0 aromatic carbocycles. The molecule has 4 aromatic heterocycles. The standard InChI is InChI=1S/C20H25N11O8/c21-19-26-14-10(16(35)28-19)23-4-30(14)9-1-6(8(3-32)37-9)39-25-2-7-12(33)13(34)18(38-7)31-5-24-11-15(31)27-20(22)29-17(11)36/h4-9,12-13,18,25,32-34H,1-3H2,(H3,21,26,28,35)(H3,22,27,29,36)/t6-,7+,8+,9+,12+,13+,18+/m0/s1. The van der Waals surface area contributed by atoms with Gasteiger partial charge in [-0.25, -0.2) is 9.97 Å². The third-order valence-electron chi connectivity index (χ3n) is 6.70. The van der Waals surface area contributed by atoms with Gasteiger partial charge in [0.2, 0.25) is 11.9 Å². The Kier molecular flexibility index (Phi) is 6.26. The van der Waals surface area contributed by atoms with Crippen LogP contribution >= 0.6 is 0 Å². The third kappa shape index (κ3) is 4.30. The van der Waals surface area contributed by atoms with E-state index in [0.717, 1.165) is 0 Å². The zero-order valence-electron chi connectivity index (χ0n) is 20.0. The van der Waals surface area contributed by atoms with Crippen molar-refractivity contribution in [1.82, 2.24) is 44.5 Å². The molecule has 0 bridgehead atoms. The molecule has 7 atom stereocenters. The van der Waals surface area contributed by atoms with E-state index >= 15 is 0 Å². The Morgan fingerprint density at radius 1 is 0.974 bits per heavy atom. The molecule has 39 heavy (non-hydrogen) atoms. The second-order valence-electron chi connectivity index (χ2n) is 9.15. The molecule has 0 saturated carbocycles. The van der Waals surface area contributed by atoms with E-state index in [0.29, 0.717) is 0 Å². The molecule has 6 rings (SSSR count). The van der Waals surface area contributed by atoms with Crippen molar-refractivity contribution < 1.29 is 29.6 Å². The Balaban J connectivity index is 1.12. The fraction of sp³-hybridized carbons (Fsp3) is 0.500. The number of rotatable bonds is 7. The van der Waals surface area contributed by atoms with Crippen molar-refractivity contribution in [3.05, 3.63) is 33.4 Å². The number of ether oxygens (including phenoxy) is 2. The van der Waals surface area contributed by atoms with E-state index in [4.69, 9.17) is 25.8 Å². The molecular formula is C20H25N11O8. The number of nitrogens with two attached hydrogens (primary N) is 2. The second kappa shape index (κ2) is 9.64. The minimum Gasteiger partial charge on any atom is -0.394 e. The van der Waals surface area contributed by atoms with E-state index < -0.39 is 54.1 Å². The van der Waals surface area contributed by atoms with Crippen LogP contribution in [0.3, 0.4) is 0 Å². The summed E-state index contributed by atoms with van der Waals surface area (Å²) in [6, 6.07) is 0. The van der Waals surface area contributed by atoms with Gasteiger partial charge in [0.25, 0.3) is 11.1 Å². The SMILES string of the molecule is Nc1nc2c(ncn2[C@@H]2O[C@H](CNO[C@H]3C[C@H](n4cnc5c(=O)[nH]c(N)nc54)O[C@@H]3CO)[C@@H](O)[C@H]2O)c(=O)[nH]1. The molecule has 2 fully saturated rings. The van der Waals surface area contributed by atoms with Crippen molar-refractivity contribution >= 4 is 34.2 Å². The van der Waals surface area contributed by atoms with Crippen molar-refractivity contribution in [3.63, 3.8) is 0 Å². The summed E-state index contributed by atoms with van der Waals surface area (Å²) in [5, 5.41) is 31.0. The normalized spacial score (nSPS) is 29.2. The number of aliphatic hydroxyl groups is 3. The highest BCUT2D eigenvalue weighted by atomic mass is 16.7. The molecule has 0 unspecified atom stereocenters. The van der Waals surface area contributed by atoms with E-state index in [2.05, 4.69) is 35.4 Å². The Hall–Kier alpha value is -3.98. The number of aromatic nitrogens is 8. The van der Waals surface area contributed by atoms with Gasteiger partial charge >= 0.3 is 0 Å². The first-order valence-corrected chi connectivity index (χ1v) is 11.9. The van der Waals surface area contributed by atoms with Crippen LogP contribution in [-0.2, 0) is 14.3 Å². The number of nitrogens with one attached hydrogen (secondary N) is 3. The van der Waals surface area contributed by atoms with Crippen LogP contribution in [0.2, 0.25) is 0 Å². The fourth-order valence-electron chi connectivity index (χ4n) is 4.81. The highest BCUT2D eigenvalue weighted by molar-refractivity contribution is 5.71. The number of anilines is 2. The van der Waals surface area contributed by atoms with Crippen LogP contribution in [0.1, 0.15) is 18.9 Å². The first-order chi connectivity index (χ1) is 18.7. The number of imidazole rings is 2. The number of aliphatic hydroxyl groups excluding tert-OH is 3. The van der Waals surface area contributed by atoms with E-state index in [1.54, 1.807) is 0 Å². The Morgan fingerprint density at radius 3 is 2.23 bits per heavy atom. The van der Waals surface area contributed by atoms with Gasteiger partial charge in [-0.2, -0.15) is 15.4 Å². The molecule has 4 aromatic rings. The van der Waals surface area contributed by atoms with E-state index in [1.165, 1.54) is 21.8 Å². The first kappa shape index (κ1) is 25.3. The molecular weight excluding hydrogens is 522 g/mol. The van der Waals surface area contributed by atoms with Crippen molar-refractivity contribution in [2.45, 2.75) is 49.4 Å². The quantitative estimate of drug-likeness (QED) is 0.103. The molecule has 0 spiro atoms. The number of aromatic amines is 2. The number of fused-ring (bicyclic) bond motifs is 2. The molecule has 0 radical (unpaired) electrons. The molecule has 19 heteroatoms. The van der Waals surface area contributed by atoms with Crippen LogP contribution in [0.4, 0.5) is 11.9 Å². The summed E-state index contributed by atoms with van der Waals surface area (Å²) in [6.07, 6.45) is -3.87. The lowest BCUT2D eigenvalue weighted by molar-refractivity contribution is -0.104. The number of hydrogen-bond donors (Lipinski definition) is 8. The Labute approximate surface area is 216 Å². The molecule has 208 valence electrons. The largest absolute Gasteiger partial charge is 0.394 e. The molecule has 2 aliphatic heterocycles. The average Bonchev–Trinajstić information content (AvgIpc) is 3.66. The Bertz CT molecular complexity index is 1630. The van der Waals surface area contributed by atoms with Crippen molar-refractivity contribution in [1.29, 1.82) is 0 Å². The van der Waals surface area contributed by atoms with Crippen molar-refractivity contribution in [3.8, 4) is 0 Å². The van der Waals surface area contributed by atoms with Crippen LogP contribution in [0.25, 0.3) is 22.3 Å². The van der Waals surface area contributed by atoms with Gasteiger partial charge in [0.15, 0.2) is 28.6 Å². The minimum atomic E-state index is -1.38. The minimum absolute atomic E-state index is 0.00149. The molecule has 0 aliphatic carbocycles. The van der Waals surface area contributed by atoms with Gasteiger partial charge in [-0.15, -0.1) is 0 Å². The number of hydrogen-bond acceptors (Lipinski definition) is 15. The van der Waals surface area contributed by atoms with E-state index in [1.807, 2.05) is 0 Å². The van der Waals surface area contributed by atoms with Crippen LogP contribution in [0, 0.1) is 0 Å². The highest BCUT2D eigenvalue weighted by Gasteiger charge is 2.45. The zero-order valence-corrected chi connectivity index (χ0v) is 20.0. The molecule has 19 nitrogen and oxygen atoms in total. The lowest BCUT2D eigenvalue weighted by Crippen LogP contribution is -2.40. The molecule has 2 aliphatic rings. The van der Waals surface area contributed by atoms with Crippen molar-refractivity contribution in [2.24, 2.45) is 0 Å². The topological polar surface area (TPSA) is 280 Å². The van der Waals surface area contributed by atoms with Gasteiger partial charge in [-0.05, 0) is 0 Å². The van der Waals surface area contributed by atoms with Gasteiger partial charge in [-0.3, -0.25) is 33.5 Å². The third-order valence-corrected chi connectivity index (χ3v) is 6.70. The van der Waals surface area contributed by atoms with E-state index in [9.17, 15) is 24.9 Å². The predicted molar refractivity (Wildman–Crippen MR) is 130 cm³/mol. The summed E-state index contributed by atoms with van der Waals surface area (Å²) in [5.74, 6) is -0.218. The summed E-state index contributed by atoms with van der Waals surface area (Å²) < 4.78 is 14.6. The molecule has 2 saturated heterocycles. The van der Waals surface area contributed by atoms with Crippen LogP contribution in [0.15, 0.2) is 22.2 Å². The van der Waals surface area contributed by atoms with Gasteiger partial charge in [-0.1, -0.05) is 0 Å². The summed E-state index contributed by atoms with van der Waals surface area (Å²) in [4.78, 5) is 50.8. The molecule has 0 amide bonds. The maximum absolute atomic E-state index is 12.1.